The fourth-order valence-electron chi connectivity index (χ4n) is 1.66. The number of hydrogen-bond acceptors (Lipinski definition) is 4. The highest BCUT2D eigenvalue weighted by molar-refractivity contribution is 5.95. The molecule has 1 fully saturated rings. The van der Waals surface area contributed by atoms with Crippen molar-refractivity contribution in [1.82, 2.24) is 9.80 Å². The second-order valence-electron chi connectivity index (χ2n) is 3.93. The molecule has 0 saturated carbocycles. The summed E-state index contributed by atoms with van der Waals surface area (Å²) >= 11 is 0. The average molecular weight is 222 g/mol. The minimum absolute atomic E-state index is 0.0542. The molecular formula is C11H14N2O3. The molecular weight excluding hydrogens is 208 g/mol. The van der Waals surface area contributed by atoms with Gasteiger partial charge in [0.15, 0.2) is 5.76 Å². The van der Waals surface area contributed by atoms with Gasteiger partial charge in [0.1, 0.15) is 0 Å². The van der Waals surface area contributed by atoms with E-state index in [0.29, 0.717) is 18.8 Å². The van der Waals surface area contributed by atoms with E-state index in [4.69, 9.17) is 4.42 Å². The first-order valence-corrected chi connectivity index (χ1v) is 5.20. The lowest BCUT2D eigenvalue weighted by molar-refractivity contribution is -0.134. The van der Waals surface area contributed by atoms with Crippen molar-refractivity contribution in [2.45, 2.75) is 0 Å². The molecule has 1 aromatic heterocycles. The summed E-state index contributed by atoms with van der Waals surface area (Å²) in [4.78, 5) is 26.6. The summed E-state index contributed by atoms with van der Waals surface area (Å²) in [5.74, 6) is 0.326. The third kappa shape index (κ3) is 2.30. The Bertz CT molecular complexity index is 386. The van der Waals surface area contributed by atoms with Gasteiger partial charge in [0.2, 0.25) is 11.7 Å². The second-order valence-corrected chi connectivity index (χ2v) is 3.93. The first kappa shape index (κ1) is 10.9. The molecule has 0 spiro atoms. The smallest absolute Gasteiger partial charge is 0.236 e. The maximum atomic E-state index is 11.7. The highest BCUT2D eigenvalue weighted by Gasteiger charge is 2.23. The van der Waals surface area contributed by atoms with E-state index in [0.717, 1.165) is 6.54 Å². The molecule has 16 heavy (non-hydrogen) atoms. The molecule has 1 aromatic rings. The van der Waals surface area contributed by atoms with Crippen LogP contribution in [0.25, 0.3) is 0 Å². The molecule has 1 aliphatic rings. The van der Waals surface area contributed by atoms with Crippen LogP contribution in [-0.4, -0.2) is 54.7 Å². The summed E-state index contributed by atoms with van der Waals surface area (Å²) in [5.41, 5.74) is 0. The van der Waals surface area contributed by atoms with Gasteiger partial charge in [0.25, 0.3) is 0 Å². The third-order valence-electron chi connectivity index (χ3n) is 2.70. The zero-order valence-electron chi connectivity index (χ0n) is 9.18. The van der Waals surface area contributed by atoms with E-state index in [1.54, 1.807) is 24.1 Å². The number of carbonyl (C=O) groups is 2. The number of furan rings is 1. The van der Waals surface area contributed by atoms with Crippen LogP contribution in [0, 0.1) is 0 Å². The number of piperazine rings is 1. The van der Waals surface area contributed by atoms with E-state index in [1.807, 2.05) is 4.90 Å². The van der Waals surface area contributed by atoms with E-state index < -0.39 is 0 Å². The first-order valence-electron chi connectivity index (χ1n) is 5.20. The molecule has 0 radical (unpaired) electrons. The summed E-state index contributed by atoms with van der Waals surface area (Å²) in [7, 11) is 1.77. The maximum absolute atomic E-state index is 11.7. The van der Waals surface area contributed by atoms with Crippen LogP contribution >= 0.6 is 0 Å². The number of hydrogen-bond donors (Lipinski definition) is 0. The Morgan fingerprint density at radius 3 is 2.94 bits per heavy atom. The second kappa shape index (κ2) is 4.49. The number of Topliss-reactive ketones (excluding diaryl/α,β-unsaturated/α-hetero) is 1. The molecule has 0 atom stereocenters. The van der Waals surface area contributed by atoms with Gasteiger partial charge in [0, 0.05) is 20.1 Å². The number of amides is 1. The van der Waals surface area contributed by atoms with Gasteiger partial charge in [-0.05, 0) is 12.1 Å². The molecule has 2 rings (SSSR count). The van der Waals surface area contributed by atoms with Crippen LogP contribution in [0.3, 0.4) is 0 Å². The molecule has 0 bridgehead atoms. The zero-order valence-corrected chi connectivity index (χ0v) is 9.18. The molecule has 0 unspecified atom stereocenters. The molecule has 86 valence electrons. The van der Waals surface area contributed by atoms with Crippen LogP contribution < -0.4 is 0 Å². The third-order valence-corrected chi connectivity index (χ3v) is 2.70. The molecule has 2 heterocycles. The van der Waals surface area contributed by atoms with Crippen molar-refractivity contribution < 1.29 is 14.0 Å². The monoisotopic (exact) mass is 222 g/mol. The molecule has 5 nitrogen and oxygen atoms in total. The Kier molecular flexibility index (Phi) is 3.05. The highest BCUT2D eigenvalue weighted by Crippen LogP contribution is 2.05. The van der Waals surface area contributed by atoms with Crippen molar-refractivity contribution in [3.8, 4) is 0 Å². The Morgan fingerprint density at radius 2 is 2.31 bits per heavy atom. The normalized spacial score (nSPS) is 17.8. The number of carbonyl (C=O) groups excluding carboxylic acids is 2. The SMILES string of the molecule is CN1CCN(CC(=O)c2ccco2)CC1=O. The van der Waals surface area contributed by atoms with Crippen LogP contribution in [0.1, 0.15) is 10.6 Å². The van der Waals surface area contributed by atoms with Crippen LogP contribution in [-0.2, 0) is 4.79 Å². The van der Waals surface area contributed by atoms with Gasteiger partial charge in [-0.25, -0.2) is 0 Å². The van der Waals surface area contributed by atoms with Gasteiger partial charge >= 0.3 is 0 Å². The summed E-state index contributed by atoms with van der Waals surface area (Å²) < 4.78 is 5.01. The van der Waals surface area contributed by atoms with Crippen LogP contribution in [0.4, 0.5) is 0 Å². The van der Waals surface area contributed by atoms with Gasteiger partial charge in [-0.2, -0.15) is 0 Å². The van der Waals surface area contributed by atoms with Gasteiger partial charge < -0.3 is 9.32 Å². The molecule has 1 aliphatic heterocycles. The number of ketones is 1. The van der Waals surface area contributed by atoms with E-state index in [1.165, 1.54) is 6.26 Å². The molecule has 0 aliphatic carbocycles. The Labute approximate surface area is 93.6 Å². The standard InChI is InChI=1S/C11H14N2O3/c1-12-4-5-13(8-11(12)15)7-9(14)10-3-2-6-16-10/h2-3,6H,4-5,7-8H2,1H3. The van der Waals surface area contributed by atoms with Crippen molar-refractivity contribution in [3.05, 3.63) is 24.2 Å². The molecule has 0 N–H and O–H groups in total. The zero-order chi connectivity index (χ0) is 11.5. The topological polar surface area (TPSA) is 53.8 Å². The van der Waals surface area contributed by atoms with Crippen molar-refractivity contribution >= 4 is 11.7 Å². The lowest BCUT2D eigenvalue weighted by Crippen LogP contribution is -2.49. The predicted molar refractivity (Wildman–Crippen MR) is 57.1 cm³/mol. The van der Waals surface area contributed by atoms with Crippen molar-refractivity contribution in [2.75, 3.05) is 33.2 Å². The summed E-state index contributed by atoms with van der Waals surface area (Å²) in [6.07, 6.45) is 1.47. The first-order chi connectivity index (χ1) is 7.66. The lowest BCUT2D eigenvalue weighted by atomic mass is 10.2. The van der Waals surface area contributed by atoms with Gasteiger partial charge in [0.05, 0.1) is 19.4 Å². The average Bonchev–Trinajstić information content (AvgIpc) is 2.77. The van der Waals surface area contributed by atoms with E-state index in [9.17, 15) is 9.59 Å². The molecule has 0 aromatic carbocycles. The lowest BCUT2D eigenvalue weighted by Gasteiger charge is -2.31. The van der Waals surface area contributed by atoms with Crippen molar-refractivity contribution in [2.24, 2.45) is 0 Å². The van der Waals surface area contributed by atoms with Crippen molar-refractivity contribution in [3.63, 3.8) is 0 Å². The fourth-order valence-corrected chi connectivity index (χ4v) is 1.66. The number of nitrogens with zero attached hydrogens (tertiary/aromatic N) is 2. The van der Waals surface area contributed by atoms with Crippen LogP contribution in [0.2, 0.25) is 0 Å². The Balaban J connectivity index is 1.91. The van der Waals surface area contributed by atoms with Crippen LogP contribution in [0.15, 0.2) is 22.8 Å². The van der Waals surface area contributed by atoms with Gasteiger partial charge in [-0.3, -0.25) is 14.5 Å². The minimum Gasteiger partial charge on any atom is -0.461 e. The van der Waals surface area contributed by atoms with Gasteiger partial charge in [-0.1, -0.05) is 0 Å². The quantitative estimate of drug-likeness (QED) is 0.687. The maximum Gasteiger partial charge on any atom is 0.236 e. The molecule has 1 amide bonds. The largest absolute Gasteiger partial charge is 0.461 e. The van der Waals surface area contributed by atoms with Crippen LogP contribution in [0.5, 0.6) is 0 Å². The Morgan fingerprint density at radius 1 is 1.50 bits per heavy atom. The van der Waals surface area contributed by atoms with Gasteiger partial charge in [-0.15, -0.1) is 0 Å². The van der Waals surface area contributed by atoms with E-state index in [-0.39, 0.29) is 18.2 Å². The predicted octanol–water partition coefficient (Wildman–Crippen LogP) is 0.236. The fraction of sp³-hybridized carbons (Fsp3) is 0.455. The molecule has 5 heteroatoms. The Hall–Kier alpha value is -1.62. The number of rotatable bonds is 3. The van der Waals surface area contributed by atoms with E-state index >= 15 is 0 Å². The summed E-state index contributed by atoms with van der Waals surface area (Å²) in [6, 6.07) is 3.32. The summed E-state index contributed by atoms with van der Waals surface area (Å²) in [6.45, 7) is 1.95. The number of likely N-dealkylation sites (N-methyl/N-ethyl adjacent to an activating group) is 1. The minimum atomic E-state index is -0.0812. The highest BCUT2D eigenvalue weighted by atomic mass is 16.3. The molecule has 1 saturated heterocycles. The summed E-state index contributed by atoms with van der Waals surface area (Å²) in [5, 5.41) is 0. The van der Waals surface area contributed by atoms with Crippen molar-refractivity contribution in [1.29, 1.82) is 0 Å². The van der Waals surface area contributed by atoms with E-state index in [2.05, 4.69) is 0 Å².